The van der Waals surface area contributed by atoms with Crippen LogP contribution in [0.2, 0.25) is 0 Å². The third kappa shape index (κ3) is 2.10. The molecular weight excluding hydrogens is 205 g/mol. The number of hydrogen-bond donors (Lipinski definition) is 0. The van der Waals surface area contributed by atoms with E-state index >= 15 is 0 Å². The van der Waals surface area contributed by atoms with E-state index in [1.807, 2.05) is 0 Å². The average Bonchev–Trinajstić information content (AvgIpc) is 1.96. The molecule has 0 saturated heterocycles. The monoisotopic (exact) mass is 210 g/mol. The molecule has 0 radical (unpaired) electrons. The molecule has 1 aromatic rings. The SMILES string of the molecule is CSSc1c(F)cc(F)cc1F. The predicted octanol–water partition coefficient (Wildman–Crippen LogP) is 3.47. The Morgan fingerprint density at radius 3 is 2.00 bits per heavy atom. The number of hydrogen-bond acceptors (Lipinski definition) is 2. The second kappa shape index (κ2) is 4.09. The second-order valence-corrected chi connectivity index (χ2v) is 4.36. The largest absolute Gasteiger partial charge is 0.207 e. The minimum atomic E-state index is -0.893. The van der Waals surface area contributed by atoms with Gasteiger partial charge in [0.2, 0.25) is 0 Å². The average molecular weight is 210 g/mol. The van der Waals surface area contributed by atoms with E-state index in [0.29, 0.717) is 12.1 Å². The molecule has 1 aromatic carbocycles. The van der Waals surface area contributed by atoms with Gasteiger partial charge in [-0.2, -0.15) is 0 Å². The summed E-state index contributed by atoms with van der Waals surface area (Å²) >= 11 is 0. The molecule has 0 amide bonds. The quantitative estimate of drug-likeness (QED) is 0.685. The highest BCUT2D eigenvalue weighted by atomic mass is 33.1. The minimum absolute atomic E-state index is 0.149. The lowest BCUT2D eigenvalue weighted by atomic mass is 10.3. The Balaban J connectivity index is 3.10. The van der Waals surface area contributed by atoms with Crippen molar-refractivity contribution in [3.8, 4) is 0 Å². The van der Waals surface area contributed by atoms with Gasteiger partial charge in [-0.15, -0.1) is 0 Å². The molecule has 0 aliphatic heterocycles. The Bertz CT molecular complexity index is 265. The zero-order valence-electron chi connectivity index (χ0n) is 6.11. The second-order valence-electron chi connectivity index (χ2n) is 1.95. The van der Waals surface area contributed by atoms with E-state index in [-0.39, 0.29) is 4.90 Å². The van der Waals surface area contributed by atoms with Gasteiger partial charge in [0.1, 0.15) is 17.5 Å². The highest BCUT2D eigenvalue weighted by Gasteiger charge is 2.10. The van der Waals surface area contributed by atoms with Gasteiger partial charge < -0.3 is 0 Å². The van der Waals surface area contributed by atoms with Crippen LogP contribution in [0.5, 0.6) is 0 Å². The van der Waals surface area contributed by atoms with Crippen LogP contribution in [0.25, 0.3) is 0 Å². The van der Waals surface area contributed by atoms with E-state index in [9.17, 15) is 13.2 Å². The van der Waals surface area contributed by atoms with Crippen molar-refractivity contribution in [3.63, 3.8) is 0 Å². The highest BCUT2D eigenvalue weighted by molar-refractivity contribution is 8.76. The summed E-state index contributed by atoms with van der Waals surface area (Å²) < 4.78 is 37.9. The van der Waals surface area contributed by atoms with Gasteiger partial charge in [-0.1, -0.05) is 21.6 Å². The van der Waals surface area contributed by atoms with Gasteiger partial charge in [-0.05, 0) is 6.26 Å². The third-order valence-corrected chi connectivity index (χ3v) is 2.85. The molecule has 0 heterocycles. The predicted molar refractivity (Wildman–Crippen MR) is 45.7 cm³/mol. The van der Waals surface area contributed by atoms with Crippen molar-refractivity contribution in [1.82, 2.24) is 0 Å². The van der Waals surface area contributed by atoms with Crippen molar-refractivity contribution < 1.29 is 13.2 Å². The molecule has 0 aromatic heterocycles. The fourth-order valence-electron chi connectivity index (χ4n) is 0.692. The van der Waals surface area contributed by atoms with Crippen LogP contribution >= 0.6 is 21.6 Å². The van der Waals surface area contributed by atoms with Crippen LogP contribution in [0.1, 0.15) is 0 Å². The van der Waals surface area contributed by atoms with E-state index < -0.39 is 17.5 Å². The summed E-state index contributed by atoms with van der Waals surface area (Å²) in [6.45, 7) is 0. The molecule has 0 nitrogen and oxygen atoms in total. The zero-order valence-corrected chi connectivity index (χ0v) is 7.74. The molecule has 0 atom stereocenters. The number of benzene rings is 1. The Labute approximate surface area is 75.9 Å². The van der Waals surface area contributed by atoms with Crippen LogP contribution in [0.3, 0.4) is 0 Å². The molecule has 66 valence electrons. The van der Waals surface area contributed by atoms with Crippen LogP contribution in [0, 0.1) is 17.5 Å². The van der Waals surface area contributed by atoms with Crippen LogP contribution in [0.15, 0.2) is 17.0 Å². The summed E-state index contributed by atoms with van der Waals surface area (Å²) in [4.78, 5) is -0.149. The van der Waals surface area contributed by atoms with Crippen LogP contribution in [-0.2, 0) is 0 Å². The molecule has 0 saturated carbocycles. The van der Waals surface area contributed by atoms with Crippen molar-refractivity contribution in [1.29, 1.82) is 0 Å². The molecule has 0 unspecified atom stereocenters. The highest BCUT2D eigenvalue weighted by Crippen LogP contribution is 2.33. The lowest BCUT2D eigenvalue weighted by Gasteiger charge is -2.01. The topological polar surface area (TPSA) is 0 Å². The normalized spacial score (nSPS) is 10.3. The van der Waals surface area contributed by atoms with Crippen LogP contribution < -0.4 is 0 Å². The number of rotatable bonds is 2. The Morgan fingerprint density at radius 2 is 1.58 bits per heavy atom. The molecule has 5 heteroatoms. The molecular formula is C7H5F3S2. The first-order valence-corrected chi connectivity index (χ1v) is 5.56. The molecule has 0 aliphatic rings. The first kappa shape index (κ1) is 9.80. The van der Waals surface area contributed by atoms with Crippen LogP contribution in [0.4, 0.5) is 13.2 Å². The lowest BCUT2D eigenvalue weighted by Crippen LogP contribution is -1.88. The summed E-state index contributed by atoms with van der Waals surface area (Å²) in [6, 6.07) is 1.34. The van der Waals surface area contributed by atoms with Crippen molar-refractivity contribution in [2.24, 2.45) is 0 Å². The van der Waals surface area contributed by atoms with E-state index in [4.69, 9.17) is 0 Å². The van der Waals surface area contributed by atoms with Gasteiger partial charge in [-0.25, -0.2) is 13.2 Å². The van der Waals surface area contributed by atoms with Crippen molar-refractivity contribution in [3.05, 3.63) is 29.6 Å². The van der Waals surface area contributed by atoms with E-state index in [0.717, 1.165) is 10.8 Å². The van der Waals surface area contributed by atoms with E-state index in [1.54, 1.807) is 6.26 Å². The third-order valence-electron chi connectivity index (χ3n) is 1.13. The molecule has 0 bridgehead atoms. The molecule has 12 heavy (non-hydrogen) atoms. The van der Waals surface area contributed by atoms with Gasteiger partial charge in [-0.3, -0.25) is 0 Å². The maximum absolute atomic E-state index is 12.8. The minimum Gasteiger partial charge on any atom is -0.207 e. The molecule has 0 fully saturated rings. The van der Waals surface area contributed by atoms with Crippen molar-refractivity contribution in [2.45, 2.75) is 4.90 Å². The maximum Gasteiger partial charge on any atom is 0.143 e. The fourth-order valence-corrected chi connectivity index (χ4v) is 2.11. The summed E-state index contributed by atoms with van der Waals surface area (Å²) in [5.41, 5.74) is 0. The van der Waals surface area contributed by atoms with Gasteiger partial charge in [0.25, 0.3) is 0 Å². The molecule has 0 spiro atoms. The standard InChI is InChI=1S/C7H5F3S2/c1-11-12-7-5(9)2-4(8)3-6(7)10/h2-3H,1H3. The van der Waals surface area contributed by atoms with Crippen molar-refractivity contribution in [2.75, 3.05) is 6.26 Å². The van der Waals surface area contributed by atoms with Gasteiger partial charge in [0, 0.05) is 12.1 Å². The molecule has 0 aliphatic carbocycles. The van der Waals surface area contributed by atoms with E-state index in [2.05, 4.69) is 0 Å². The zero-order chi connectivity index (χ0) is 9.14. The number of halogens is 3. The summed E-state index contributed by atoms with van der Waals surface area (Å²) in [5, 5.41) is 0. The first-order chi connectivity index (χ1) is 5.65. The van der Waals surface area contributed by atoms with Gasteiger partial charge >= 0.3 is 0 Å². The first-order valence-electron chi connectivity index (χ1n) is 3.00. The van der Waals surface area contributed by atoms with Gasteiger partial charge in [0.15, 0.2) is 0 Å². The molecule has 0 N–H and O–H groups in total. The van der Waals surface area contributed by atoms with Crippen molar-refractivity contribution >= 4 is 21.6 Å². The Hall–Kier alpha value is -0.290. The lowest BCUT2D eigenvalue weighted by molar-refractivity contribution is 0.511. The summed E-state index contributed by atoms with van der Waals surface area (Å²) in [5.74, 6) is -2.60. The summed E-state index contributed by atoms with van der Waals surface area (Å²) in [6.07, 6.45) is 1.69. The van der Waals surface area contributed by atoms with E-state index in [1.165, 1.54) is 10.8 Å². The molecule has 1 rings (SSSR count). The van der Waals surface area contributed by atoms with Crippen LogP contribution in [-0.4, -0.2) is 6.26 Å². The fraction of sp³-hybridized carbons (Fsp3) is 0.143. The van der Waals surface area contributed by atoms with Gasteiger partial charge in [0.05, 0.1) is 4.90 Å². The Morgan fingerprint density at radius 1 is 1.08 bits per heavy atom. The smallest absolute Gasteiger partial charge is 0.143 e. The Kier molecular flexibility index (Phi) is 3.34. The summed E-state index contributed by atoms with van der Waals surface area (Å²) in [7, 11) is 2.14. The maximum atomic E-state index is 12.8.